The van der Waals surface area contributed by atoms with Crippen LogP contribution >= 0.6 is 0 Å². The van der Waals surface area contributed by atoms with E-state index >= 15 is 0 Å². The molecule has 0 radical (unpaired) electrons. The fraction of sp³-hybridized carbons (Fsp3) is 0.125. The maximum Gasteiger partial charge on any atom is 0.150 e. The minimum atomic E-state index is 0.494. The molecule has 0 aliphatic rings. The number of carbonyl (C=O) groups excluding carboxylic acids is 1. The fourth-order valence-electron chi connectivity index (χ4n) is 1.98. The van der Waals surface area contributed by atoms with Gasteiger partial charge in [-0.05, 0) is 42.8 Å². The zero-order valence-corrected chi connectivity index (χ0v) is 10.9. The number of nitrogens with zero attached hydrogens (tertiary/aromatic N) is 2. The topological polar surface area (TPSA) is 44.1 Å². The van der Waals surface area contributed by atoms with E-state index in [-0.39, 0.29) is 0 Å². The van der Waals surface area contributed by atoms with Crippen molar-refractivity contribution in [3.05, 3.63) is 59.2 Å². The van der Waals surface area contributed by atoms with Crippen LogP contribution in [0.1, 0.15) is 21.5 Å². The molecule has 0 aliphatic carbocycles. The molecule has 0 bridgehead atoms. The Morgan fingerprint density at radius 1 is 1.21 bits per heavy atom. The van der Waals surface area contributed by atoms with Gasteiger partial charge in [0.2, 0.25) is 0 Å². The van der Waals surface area contributed by atoms with E-state index in [1.165, 1.54) is 0 Å². The zero-order valence-electron chi connectivity index (χ0n) is 10.9. The maximum atomic E-state index is 10.7. The van der Waals surface area contributed by atoms with Crippen molar-refractivity contribution >= 4 is 17.7 Å². The van der Waals surface area contributed by atoms with E-state index in [9.17, 15) is 10.1 Å². The molecular formula is C16H14N2O. The van der Waals surface area contributed by atoms with Gasteiger partial charge < -0.3 is 4.90 Å². The van der Waals surface area contributed by atoms with E-state index in [0.717, 1.165) is 23.2 Å². The molecule has 0 heterocycles. The Balaban J connectivity index is 2.47. The van der Waals surface area contributed by atoms with Crippen molar-refractivity contribution in [2.24, 2.45) is 0 Å². The summed E-state index contributed by atoms with van der Waals surface area (Å²) < 4.78 is 0. The summed E-state index contributed by atoms with van der Waals surface area (Å²) >= 11 is 0. The lowest BCUT2D eigenvalue weighted by atomic mass is 10.1. The summed E-state index contributed by atoms with van der Waals surface area (Å²) in [5.74, 6) is 0. The molecule has 19 heavy (non-hydrogen) atoms. The van der Waals surface area contributed by atoms with Crippen LogP contribution in [0.3, 0.4) is 0 Å². The predicted octanol–water partition coefficient (Wildman–Crippen LogP) is 3.45. The summed E-state index contributed by atoms with van der Waals surface area (Å²) in [6, 6.07) is 15.3. The minimum absolute atomic E-state index is 0.494. The number of aryl methyl sites for hydroxylation is 1. The van der Waals surface area contributed by atoms with Gasteiger partial charge in [-0.2, -0.15) is 5.26 Å². The van der Waals surface area contributed by atoms with Crippen LogP contribution in [0, 0.1) is 18.3 Å². The average Bonchev–Trinajstić information content (AvgIpc) is 2.45. The van der Waals surface area contributed by atoms with Gasteiger partial charge in [0.05, 0.1) is 11.3 Å². The molecule has 0 N–H and O–H groups in total. The van der Waals surface area contributed by atoms with E-state index in [4.69, 9.17) is 0 Å². The number of nitriles is 1. The number of rotatable bonds is 3. The van der Waals surface area contributed by atoms with Gasteiger partial charge in [-0.1, -0.05) is 12.1 Å². The molecule has 94 valence electrons. The van der Waals surface area contributed by atoms with Crippen molar-refractivity contribution in [1.29, 1.82) is 5.26 Å². The molecular weight excluding hydrogens is 236 g/mol. The summed E-state index contributed by atoms with van der Waals surface area (Å²) in [4.78, 5) is 12.7. The molecule has 0 atom stereocenters. The first-order valence-corrected chi connectivity index (χ1v) is 5.95. The molecule has 0 unspecified atom stereocenters. The lowest BCUT2D eigenvalue weighted by molar-refractivity contribution is 0.112. The molecule has 0 saturated carbocycles. The molecule has 2 aromatic rings. The Bertz CT molecular complexity index is 656. The van der Waals surface area contributed by atoms with Crippen LogP contribution in [0.15, 0.2) is 42.5 Å². The van der Waals surface area contributed by atoms with Crippen LogP contribution in [0.25, 0.3) is 0 Å². The number of benzene rings is 2. The standard InChI is InChI=1S/C16H14N2O/c1-12-4-3-5-15(8-12)18(2)16-7-6-13(11-19)9-14(16)10-17/h3-9,11H,1-2H3. The highest BCUT2D eigenvalue weighted by Crippen LogP contribution is 2.27. The van der Waals surface area contributed by atoms with Crippen LogP contribution in [0.4, 0.5) is 11.4 Å². The Kier molecular flexibility index (Phi) is 3.63. The summed E-state index contributed by atoms with van der Waals surface area (Å²) in [5, 5.41) is 9.20. The van der Waals surface area contributed by atoms with Crippen LogP contribution in [-0.2, 0) is 0 Å². The third kappa shape index (κ3) is 2.63. The van der Waals surface area contributed by atoms with Crippen LogP contribution in [0.2, 0.25) is 0 Å². The summed E-state index contributed by atoms with van der Waals surface area (Å²) in [6.45, 7) is 2.03. The Morgan fingerprint density at radius 3 is 2.63 bits per heavy atom. The van der Waals surface area contributed by atoms with Gasteiger partial charge in [-0.25, -0.2) is 0 Å². The third-order valence-electron chi connectivity index (χ3n) is 3.03. The molecule has 0 aliphatic heterocycles. The van der Waals surface area contributed by atoms with Gasteiger partial charge >= 0.3 is 0 Å². The largest absolute Gasteiger partial charge is 0.344 e. The minimum Gasteiger partial charge on any atom is -0.344 e. The van der Waals surface area contributed by atoms with Crippen LogP contribution in [-0.4, -0.2) is 13.3 Å². The number of hydrogen-bond donors (Lipinski definition) is 0. The van der Waals surface area contributed by atoms with Gasteiger partial charge in [-0.15, -0.1) is 0 Å². The first-order chi connectivity index (χ1) is 9.15. The quantitative estimate of drug-likeness (QED) is 0.784. The monoisotopic (exact) mass is 250 g/mol. The molecule has 0 saturated heterocycles. The number of hydrogen-bond acceptors (Lipinski definition) is 3. The molecule has 0 aromatic heterocycles. The van der Waals surface area contributed by atoms with Crippen LogP contribution < -0.4 is 4.90 Å². The van der Waals surface area contributed by atoms with E-state index in [2.05, 4.69) is 12.1 Å². The van der Waals surface area contributed by atoms with Crippen molar-refractivity contribution in [1.82, 2.24) is 0 Å². The van der Waals surface area contributed by atoms with Crippen molar-refractivity contribution < 1.29 is 4.79 Å². The molecule has 2 aromatic carbocycles. The van der Waals surface area contributed by atoms with Crippen molar-refractivity contribution in [3.8, 4) is 6.07 Å². The fourth-order valence-corrected chi connectivity index (χ4v) is 1.98. The number of anilines is 2. The first kappa shape index (κ1) is 12.8. The highest BCUT2D eigenvalue weighted by Gasteiger charge is 2.10. The normalized spacial score (nSPS) is 9.74. The van der Waals surface area contributed by atoms with Gasteiger partial charge in [0.1, 0.15) is 12.4 Å². The Hall–Kier alpha value is -2.60. The second-order valence-corrected chi connectivity index (χ2v) is 4.40. The molecule has 0 amide bonds. The van der Waals surface area contributed by atoms with Crippen molar-refractivity contribution in [2.45, 2.75) is 6.92 Å². The van der Waals surface area contributed by atoms with E-state index in [1.807, 2.05) is 37.1 Å². The molecule has 0 fully saturated rings. The molecule has 3 heteroatoms. The summed E-state index contributed by atoms with van der Waals surface area (Å²) in [6.07, 6.45) is 0.747. The van der Waals surface area contributed by atoms with Crippen molar-refractivity contribution in [2.75, 3.05) is 11.9 Å². The van der Waals surface area contributed by atoms with Crippen molar-refractivity contribution in [3.63, 3.8) is 0 Å². The first-order valence-electron chi connectivity index (χ1n) is 5.95. The van der Waals surface area contributed by atoms with E-state index in [1.54, 1.807) is 18.2 Å². The third-order valence-corrected chi connectivity index (χ3v) is 3.03. The van der Waals surface area contributed by atoms with E-state index < -0.39 is 0 Å². The number of aldehydes is 1. The Labute approximate surface area is 112 Å². The van der Waals surface area contributed by atoms with Gasteiger partial charge in [0.15, 0.2) is 0 Å². The van der Waals surface area contributed by atoms with Gasteiger partial charge in [-0.3, -0.25) is 4.79 Å². The SMILES string of the molecule is Cc1cccc(N(C)c2ccc(C=O)cc2C#N)c1. The molecule has 3 nitrogen and oxygen atoms in total. The lowest BCUT2D eigenvalue weighted by Crippen LogP contribution is -2.11. The lowest BCUT2D eigenvalue weighted by Gasteiger charge is -2.21. The Morgan fingerprint density at radius 2 is 2.00 bits per heavy atom. The average molecular weight is 250 g/mol. The highest BCUT2D eigenvalue weighted by molar-refractivity contribution is 5.79. The van der Waals surface area contributed by atoms with Gasteiger partial charge in [0, 0.05) is 18.3 Å². The maximum absolute atomic E-state index is 10.7. The highest BCUT2D eigenvalue weighted by atomic mass is 16.1. The zero-order chi connectivity index (χ0) is 13.8. The smallest absolute Gasteiger partial charge is 0.150 e. The van der Waals surface area contributed by atoms with Crippen LogP contribution in [0.5, 0.6) is 0 Å². The summed E-state index contributed by atoms with van der Waals surface area (Å²) in [5.41, 5.74) is 3.97. The second-order valence-electron chi connectivity index (χ2n) is 4.40. The predicted molar refractivity (Wildman–Crippen MR) is 75.8 cm³/mol. The number of carbonyl (C=O) groups is 1. The second kappa shape index (κ2) is 5.36. The molecule has 0 spiro atoms. The summed E-state index contributed by atoms with van der Waals surface area (Å²) in [7, 11) is 1.91. The van der Waals surface area contributed by atoms with Gasteiger partial charge in [0.25, 0.3) is 0 Å². The molecule has 2 rings (SSSR count). The van der Waals surface area contributed by atoms with E-state index in [0.29, 0.717) is 11.1 Å².